The van der Waals surface area contributed by atoms with Crippen molar-refractivity contribution in [3.8, 4) is 0 Å². The Morgan fingerprint density at radius 3 is 2.62 bits per heavy atom. The minimum atomic E-state index is -3.06. The van der Waals surface area contributed by atoms with E-state index in [1.165, 1.54) is 24.7 Å². The Morgan fingerprint density at radius 2 is 2.06 bits per heavy atom. The van der Waals surface area contributed by atoms with Crippen LogP contribution in [0.15, 0.2) is 11.6 Å². The number of fused-ring (bicyclic) bond motifs is 2. The van der Waals surface area contributed by atoms with Crippen molar-refractivity contribution in [3.05, 3.63) is 11.6 Å². The second kappa shape index (κ2) is 3.84. The summed E-state index contributed by atoms with van der Waals surface area (Å²) in [5, 5.41) is 0. The molecule has 2 atom stereocenters. The molecule has 0 amide bonds. The fourth-order valence-electron chi connectivity index (χ4n) is 3.36. The first-order valence-electron chi connectivity index (χ1n) is 5.91. The third kappa shape index (κ3) is 3.08. The van der Waals surface area contributed by atoms with Crippen LogP contribution in [0.4, 0.5) is 0 Å². The minimum Gasteiger partial charge on any atom is -0.213 e. The average Bonchev–Trinajstić information content (AvgIpc) is 1.94. The Hall–Kier alpha value is -0.350. The molecule has 0 spiro atoms. The summed E-state index contributed by atoms with van der Waals surface area (Å²) in [6.07, 6.45) is 7.83. The standard InChI is InChI=1S/C12H21NO2S/c1-12(2)7-9-4-10(8-12)6-11(5-9)13-16(3,14)15/h7,10-11,13H,4-6,8H2,1-3H3. The number of sulfonamides is 1. The maximum atomic E-state index is 11.2. The number of hydrogen-bond donors (Lipinski definition) is 1. The molecule has 4 heteroatoms. The third-order valence-corrected chi connectivity index (χ3v) is 4.23. The first-order valence-corrected chi connectivity index (χ1v) is 7.81. The minimum absolute atomic E-state index is 0.121. The van der Waals surface area contributed by atoms with Gasteiger partial charge in [0, 0.05) is 6.04 Å². The van der Waals surface area contributed by atoms with Crippen molar-refractivity contribution >= 4 is 10.0 Å². The molecule has 2 aliphatic rings. The normalized spacial score (nSPS) is 33.3. The van der Waals surface area contributed by atoms with E-state index in [4.69, 9.17) is 0 Å². The van der Waals surface area contributed by atoms with E-state index in [0.717, 1.165) is 12.8 Å². The zero-order valence-electron chi connectivity index (χ0n) is 10.3. The fraction of sp³-hybridized carbons (Fsp3) is 0.833. The average molecular weight is 243 g/mol. The van der Waals surface area contributed by atoms with Gasteiger partial charge in [0.05, 0.1) is 6.26 Å². The number of allylic oxidation sites excluding steroid dienone is 1. The topological polar surface area (TPSA) is 46.2 Å². The van der Waals surface area contributed by atoms with E-state index in [1.807, 2.05) is 0 Å². The smallest absolute Gasteiger partial charge is 0.208 e. The highest BCUT2D eigenvalue weighted by atomic mass is 32.2. The summed E-state index contributed by atoms with van der Waals surface area (Å²) in [4.78, 5) is 0. The maximum absolute atomic E-state index is 11.2. The SMILES string of the molecule is CC1(C)C=C2CC(CC(NS(C)(=O)=O)C2)C1. The van der Waals surface area contributed by atoms with Gasteiger partial charge in [0.2, 0.25) is 10.0 Å². The molecule has 1 saturated carbocycles. The Bertz CT molecular complexity index is 409. The van der Waals surface area contributed by atoms with E-state index in [0.29, 0.717) is 11.3 Å². The molecule has 0 radical (unpaired) electrons. The molecule has 2 bridgehead atoms. The predicted octanol–water partition coefficient (Wildman–Crippen LogP) is 2.06. The molecule has 3 nitrogen and oxygen atoms in total. The lowest BCUT2D eigenvalue weighted by Crippen LogP contribution is -2.40. The highest BCUT2D eigenvalue weighted by Gasteiger charge is 2.34. The summed E-state index contributed by atoms with van der Waals surface area (Å²) in [7, 11) is -3.06. The van der Waals surface area contributed by atoms with Gasteiger partial charge in [-0.1, -0.05) is 25.5 Å². The van der Waals surface area contributed by atoms with Crippen LogP contribution in [0.3, 0.4) is 0 Å². The van der Waals surface area contributed by atoms with Gasteiger partial charge in [-0.15, -0.1) is 0 Å². The lowest BCUT2D eigenvalue weighted by molar-refractivity contribution is 0.242. The van der Waals surface area contributed by atoms with Gasteiger partial charge in [-0.3, -0.25) is 0 Å². The summed E-state index contributed by atoms with van der Waals surface area (Å²) >= 11 is 0. The third-order valence-electron chi connectivity index (χ3n) is 3.47. The van der Waals surface area contributed by atoms with Crippen molar-refractivity contribution in [2.24, 2.45) is 11.3 Å². The molecule has 0 aromatic rings. The lowest BCUT2D eigenvalue weighted by atomic mass is 9.67. The van der Waals surface area contributed by atoms with Crippen LogP contribution in [-0.4, -0.2) is 20.7 Å². The zero-order chi connectivity index (χ0) is 12.0. The molecule has 2 unspecified atom stereocenters. The van der Waals surface area contributed by atoms with E-state index in [1.54, 1.807) is 0 Å². The molecule has 0 aromatic heterocycles. The van der Waals surface area contributed by atoms with Crippen LogP contribution in [-0.2, 0) is 10.0 Å². The highest BCUT2D eigenvalue weighted by molar-refractivity contribution is 7.88. The first-order chi connectivity index (χ1) is 7.23. The number of rotatable bonds is 2. The van der Waals surface area contributed by atoms with Gasteiger partial charge in [-0.05, 0) is 37.0 Å². The van der Waals surface area contributed by atoms with E-state index < -0.39 is 10.0 Å². The van der Waals surface area contributed by atoms with Crippen molar-refractivity contribution < 1.29 is 8.42 Å². The van der Waals surface area contributed by atoms with Crippen LogP contribution in [0.25, 0.3) is 0 Å². The fourth-order valence-corrected chi connectivity index (χ4v) is 4.15. The van der Waals surface area contributed by atoms with Gasteiger partial charge < -0.3 is 0 Å². The Kier molecular flexibility index (Phi) is 2.91. The Morgan fingerprint density at radius 1 is 1.38 bits per heavy atom. The van der Waals surface area contributed by atoms with Gasteiger partial charge in [-0.25, -0.2) is 13.1 Å². The van der Waals surface area contributed by atoms with Crippen LogP contribution in [0.2, 0.25) is 0 Å². The van der Waals surface area contributed by atoms with Crippen molar-refractivity contribution in [3.63, 3.8) is 0 Å². The van der Waals surface area contributed by atoms with Crippen LogP contribution in [0.5, 0.6) is 0 Å². The monoisotopic (exact) mass is 243 g/mol. The van der Waals surface area contributed by atoms with Crippen LogP contribution in [0, 0.1) is 11.3 Å². The van der Waals surface area contributed by atoms with E-state index in [-0.39, 0.29) is 6.04 Å². The van der Waals surface area contributed by atoms with Crippen LogP contribution < -0.4 is 4.72 Å². The molecular weight excluding hydrogens is 222 g/mol. The van der Waals surface area contributed by atoms with Gasteiger partial charge in [0.1, 0.15) is 0 Å². The van der Waals surface area contributed by atoms with Crippen LogP contribution >= 0.6 is 0 Å². The second-order valence-corrected chi connectivity index (χ2v) is 7.87. The van der Waals surface area contributed by atoms with Crippen molar-refractivity contribution in [2.75, 3.05) is 6.26 Å². The van der Waals surface area contributed by atoms with E-state index in [9.17, 15) is 8.42 Å². The summed E-state index contributed by atoms with van der Waals surface area (Å²) < 4.78 is 25.2. The quantitative estimate of drug-likeness (QED) is 0.755. The molecular formula is C12H21NO2S. The summed E-state index contributed by atoms with van der Waals surface area (Å²) in [6, 6.07) is 0.121. The zero-order valence-corrected chi connectivity index (χ0v) is 11.1. The lowest BCUT2D eigenvalue weighted by Gasteiger charge is -2.40. The first kappa shape index (κ1) is 12.1. The van der Waals surface area contributed by atoms with E-state index >= 15 is 0 Å². The second-order valence-electron chi connectivity index (χ2n) is 6.09. The summed E-state index contributed by atoms with van der Waals surface area (Å²) in [6.45, 7) is 4.53. The molecule has 0 heterocycles. The van der Waals surface area contributed by atoms with Crippen molar-refractivity contribution in [1.29, 1.82) is 0 Å². The largest absolute Gasteiger partial charge is 0.213 e. The molecule has 92 valence electrons. The molecule has 2 aliphatic carbocycles. The number of hydrogen-bond acceptors (Lipinski definition) is 2. The Labute approximate surface area is 98.4 Å². The van der Waals surface area contributed by atoms with Gasteiger partial charge in [-0.2, -0.15) is 0 Å². The Balaban J connectivity index is 2.11. The summed E-state index contributed by atoms with van der Waals surface area (Å²) in [5.41, 5.74) is 1.74. The molecule has 1 N–H and O–H groups in total. The maximum Gasteiger partial charge on any atom is 0.208 e. The van der Waals surface area contributed by atoms with Gasteiger partial charge >= 0.3 is 0 Å². The molecule has 0 aliphatic heterocycles. The predicted molar refractivity (Wildman–Crippen MR) is 65.6 cm³/mol. The summed E-state index contributed by atoms with van der Waals surface area (Å²) in [5.74, 6) is 0.656. The van der Waals surface area contributed by atoms with Crippen LogP contribution in [0.1, 0.15) is 39.5 Å². The molecule has 16 heavy (non-hydrogen) atoms. The van der Waals surface area contributed by atoms with Crippen molar-refractivity contribution in [1.82, 2.24) is 4.72 Å². The molecule has 0 aromatic carbocycles. The molecule has 2 rings (SSSR count). The van der Waals surface area contributed by atoms with Crippen molar-refractivity contribution in [2.45, 2.75) is 45.6 Å². The molecule has 1 fully saturated rings. The van der Waals surface area contributed by atoms with Gasteiger partial charge in [0.25, 0.3) is 0 Å². The highest BCUT2D eigenvalue weighted by Crippen LogP contribution is 2.43. The number of nitrogens with one attached hydrogen (secondary N) is 1. The van der Waals surface area contributed by atoms with E-state index in [2.05, 4.69) is 24.6 Å². The van der Waals surface area contributed by atoms with Gasteiger partial charge in [0.15, 0.2) is 0 Å². The molecule has 0 saturated heterocycles.